The molecule has 0 unspecified atom stereocenters. The van der Waals surface area contributed by atoms with Gasteiger partial charge in [-0.15, -0.1) is 0 Å². The van der Waals surface area contributed by atoms with Crippen LogP contribution in [0.15, 0.2) is 95.4 Å². The molecular formula is C32H15N3O. The summed E-state index contributed by atoms with van der Waals surface area (Å²) in [5.74, 6) is 0. The Labute approximate surface area is 204 Å². The van der Waals surface area contributed by atoms with Crippen molar-refractivity contribution in [3.8, 4) is 23.3 Å². The van der Waals surface area contributed by atoms with Crippen LogP contribution in [-0.4, -0.2) is 4.40 Å². The molecule has 0 fully saturated rings. The van der Waals surface area contributed by atoms with Crippen molar-refractivity contribution < 1.29 is 4.42 Å². The topological polar surface area (TPSA) is 65.1 Å². The van der Waals surface area contributed by atoms with E-state index in [0.717, 1.165) is 71.2 Å². The van der Waals surface area contributed by atoms with Crippen LogP contribution in [0.3, 0.4) is 0 Å². The van der Waals surface area contributed by atoms with Crippen LogP contribution in [0.5, 0.6) is 0 Å². The molecule has 0 bridgehead atoms. The lowest BCUT2D eigenvalue weighted by Crippen LogP contribution is -1.83. The van der Waals surface area contributed by atoms with Crippen LogP contribution in [0.4, 0.5) is 0 Å². The fourth-order valence-electron chi connectivity index (χ4n) is 5.78. The van der Waals surface area contributed by atoms with Gasteiger partial charge in [0, 0.05) is 26.9 Å². The molecule has 0 aliphatic rings. The highest BCUT2D eigenvalue weighted by Crippen LogP contribution is 2.46. The van der Waals surface area contributed by atoms with Crippen molar-refractivity contribution in [1.82, 2.24) is 4.40 Å². The molecule has 36 heavy (non-hydrogen) atoms. The number of fused-ring (bicyclic) bond motifs is 10. The molecule has 8 aromatic rings. The van der Waals surface area contributed by atoms with Crippen LogP contribution < -0.4 is 0 Å². The van der Waals surface area contributed by atoms with Crippen molar-refractivity contribution in [2.24, 2.45) is 0 Å². The van der Waals surface area contributed by atoms with Crippen molar-refractivity contribution in [3.63, 3.8) is 0 Å². The normalized spacial score (nSPS) is 11.8. The lowest BCUT2D eigenvalue weighted by molar-refractivity contribution is 0.673. The molecule has 0 amide bonds. The Morgan fingerprint density at radius 2 is 1.28 bits per heavy atom. The van der Waals surface area contributed by atoms with Gasteiger partial charge in [-0.05, 0) is 53.6 Å². The molecule has 0 N–H and O–H groups in total. The molecule has 4 nitrogen and oxygen atoms in total. The van der Waals surface area contributed by atoms with E-state index in [1.165, 1.54) is 0 Å². The van der Waals surface area contributed by atoms with Gasteiger partial charge in [0.2, 0.25) is 0 Å². The summed E-state index contributed by atoms with van der Waals surface area (Å²) >= 11 is 0. The Morgan fingerprint density at radius 3 is 2.03 bits per heavy atom. The van der Waals surface area contributed by atoms with Crippen molar-refractivity contribution in [1.29, 1.82) is 10.5 Å². The molecule has 3 heterocycles. The average Bonchev–Trinajstić information content (AvgIpc) is 3.58. The van der Waals surface area contributed by atoms with Crippen molar-refractivity contribution in [3.05, 3.63) is 102 Å². The molecule has 0 spiro atoms. The third-order valence-electron chi connectivity index (χ3n) is 7.36. The molecule has 3 aromatic heterocycles. The number of hydrogen-bond donors (Lipinski definition) is 0. The predicted molar refractivity (Wildman–Crippen MR) is 143 cm³/mol. The van der Waals surface area contributed by atoms with E-state index < -0.39 is 0 Å². The zero-order valence-corrected chi connectivity index (χ0v) is 18.9. The second kappa shape index (κ2) is 6.63. The summed E-state index contributed by atoms with van der Waals surface area (Å²) in [4.78, 5) is 0. The minimum atomic E-state index is 0.598. The molecular weight excluding hydrogens is 442 g/mol. The van der Waals surface area contributed by atoms with E-state index in [1.807, 2.05) is 54.6 Å². The molecule has 0 aliphatic carbocycles. The minimum Gasteiger partial charge on any atom is -0.455 e. The van der Waals surface area contributed by atoms with Crippen LogP contribution in [0.25, 0.3) is 71.2 Å². The smallest absolute Gasteiger partial charge is 0.145 e. The first-order valence-corrected chi connectivity index (χ1v) is 11.7. The number of furan rings is 1. The van der Waals surface area contributed by atoms with Gasteiger partial charge in [-0.3, -0.25) is 0 Å². The summed E-state index contributed by atoms with van der Waals surface area (Å²) in [5.41, 5.74) is 8.11. The Bertz CT molecular complexity index is 2270. The highest BCUT2D eigenvalue weighted by Gasteiger charge is 2.23. The SMILES string of the molecule is N#Cc1ccc2c3cc4c5ccc(-c6ccccc6)cc5oc4c4c5ccc(C#N)cc5n(c2c1)c34. The number of hydrogen-bond acceptors (Lipinski definition) is 3. The van der Waals surface area contributed by atoms with Gasteiger partial charge < -0.3 is 8.82 Å². The van der Waals surface area contributed by atoms with E-state index in [2.05, 4.69) is 52.9 Å². The predicted octanol–water partition coefficient (Wildman–Crippen LogP) is 8.15. The van der Waals surface area contributed by atoms with Gasteiger partial charge in [0.1, 0.15) is 11.2 Å². The molecule has 0 saturated carbocycles. The van der Waals surface area contributed by atoms with E-state index >= 15 is 0 Å². The number of benzene rings is 5. The Balaban J connectivity index is 1.59. The van der Waals surface area contributed by atoms with Gasteiger partial charge in [-0.25, -0.2) is 0 Å². The fourth-order valence-corrected chi connectivity index (χ4v) is 5.78. The standard InChI is InChI=1S/C32H15N3O/c33-16-18-6-9-22-25-15-26-23-11-8-21(20-4-2-1-3-5-20)14-29(23)36-32(26)30-24-10-7-19(17-34)13-28(24)35(31(25)30)27(22)12-18/h1-15H. The summed E-state index contributed by atoms with van der Waals surface area (Å²) in [5, 5.41) is 25.5. The molecule has 8 rings (SSSR count). The second-order valence-corrected chi connectivity index (χ2v) is 9.23. The lowest BCUT2D eigenvalue weighted by atomic mass is 10.0. The van der Waals surface area contributed by atoms with Gasteiger partial charge in [0.15, 0.2) is 0 Å². The van der Waals surface area contributed by atoms with Gasteiger partial charge >= 0.3 is 0 Å². The van der Waals surface area contributed by atoms with Crippen LogP contribution >= 0.6 is 0 Å². The number of rotatable bonds is 1. The van der Waals surface area contributed by atoms with Crippen LogP contribution in [-0.2, 0) is 0 Å². The summed E-state index contributed by atoms with van der Waals surface area (Å²) in [7, 11) is 0. The first-order valence-electron chi connectivity index (χ1n) is 11.7. The van der Waals surface area contributed by atoms with Crippen LogP contribution in [0, 0.1) is 22.7 Å². The average molecular weight is 457 g/mol. The van der Waals surface area contributed by atoms with Crippen molar-refractivity contribution in [2.75, 3.05) is 0 Å². The summed E-state index contributed by atoms with van der Waals surface area (Å²) in [6.45, 7) is 0. The van der Waals surface area contributed by atoms with Crippen molar-refractivity contribution in [2.45, 2.75) is 0 Å². The lowest BCUT2D eigenvalue weighted by Gasteiger charge is -2.00. The summed E-state index contributed by atoms with van der Waals surface area (Å²) in [6, 6.07) is 35.1. The Kier molecular flexibility index (Phi) is 3.51. The quantitative estimate of drug-likeness (QED) is 0.250. The number of nitriles is 2. The maximum Gasteiger partial charge on any atom is 0.145 e. The third kappa shape index (κ3) is 2.30. The molecule has 5 aromatic carbocycles. The first-order chi connectivity index (χ1) is 17.7. The number of nitrogens with zero attached hydrogens (tertiary/aromatic N) is 3. The monoisotopic (exact) mass is 457 g/mol. The largest absolute Gasteiger partial charge is 0.455 e. The van der Waals surface area contributed by atoms with E-state index in [9.17, 15) is 10.5 Å². The Morgan fingerprint density at radius 1 is 0.583 bits per heavy atom. The van der Waals surface area contributed by atoms with Gasteiger partial charge in [-0.1, -0.05) is 48.5 Å². The highest BCUT2D eigenvalue weighted by molar-refractivity contribution is 6.32. The van der Waals surface area contributed by atoms with Gasteiger partial charge in [-0.2, -0.15) is 10.5 Å². The first kappa shape index (κ1) is 19.0. The van der Waals surface area contributed by atoms with Crippen LogP contribution in [0.2, 0.25) is 0 Å². The van der Waals surface area contributed by atoms with Gasteiger partial charge in [0.25, 0.3) is 0 Å². The molecule has 0 aliphatic heterocycles. The van der Waals surface area contributed by atoms with E-state index in [-0.39, 0.29) is 0 Å². The Hall–Kier alpha value is -5.32. The fraction of sp³-hybridized carbons (Fsp3) is 0. The van der Waals surface area contributed by atoms with E-state index in [0.29, 0.717) is 11.1 Å². The molecule has 0 radical (unpaired) electrons. The third-order valence-corrected chi connectivity index (χ3v) is 7.36. The van der Waals surface area contributed by atoms with E-state index in [1.54, 1.807) is 0 Å². The number of aromatic nitrogens is 1. The van der Waals surface area contributed by atoms with Gasteiger partial charge in [0.05, 0.1) is 45.2 Å². The maximum absolute atomic E-state index is 9.59. The van der Waals surface area contributed by atoms with Crippen LogP contribution in [0.1, 0.15) is 11.1 Å². The zero-order chi connectivity index (χ0) is 24.0. The van der Waals surface area contributed by atoms with E-state index in [4.69, 9.17) is 4.42 Å². The highest BCUT2D eigenvalue weighted by atomic mass is 16.3. The molecule has 0 saturated heterocycles. The second-order valence-electron chi connectivity index (χ2n) is 9.23. The molecule has 164 valence electrons. The molecule has 4 heteroatoms. The summed E-state index contributed by atoms with van der Waals surface area (Å²) < 4.78 is 8.78. The molecule has 0 atom stereocenters. The maximum atomic E-state index is 9.59. The van der Waals surface area contributed by atoms with Crippen molar-refractivity contribution >= 4 is 60.0 Å². The summed E-state index contributed by atoms with van der Waals surface area (Å²) in [6.07, 6.45) is 0. The zero-order valence-electron chi connectivity index (χ0n) is 18.9. The minimum absolute atomic E-state index is 0.598.